The highest BCUT2D eigenvalue weighted by molar-refractivity contribution is 5.69. The van der Waals surface area contributed by atoms with Crippen LogP contribution in [0.5, 0.6) is 0 Å². The third kappa shape index (κ3) is 1.63. The molecule has 2 rings (SSSR count). The van der Waals surface area contributed by atoms with E-state index < -0.39 is 5.97 Å². The van der Waals surface area contributed by atoms with Gasteiger partial charge < -0.3 is 5.11 Å². The Morgan fingerprint density at radius 1 is 1.71 bits per heavy atom. The molecule has 2 heterocycles. The lowest BCUT2D eigenvalue weighted by atomic mass is 10.1. The molecule has 76 valence electrons. The number of aryl methyl sites for hydroxylation is 1. The molecule has 0 aromatic carbocycles. The Balaban J connectivity index is 2.10. The zero-order valence-corrected chi connectivity index (χ0v) is 8.08. The highest BCUT2D eigenvalue weighted by Gasteiger charge is 2.21. The summed E-state index contributed by atoms with van der Waals surface area (Å²) < 4.78 is 0. The first kappa shape index (κ1) is 9.21. The Morgan fingerprint density at radius 2 is 2.50 bits per heavy atom. The monoisotopic (exact) mass is 195 g/mol. The first-order valence-electron chi connectivity index (χ1n) is 4.63. The van der Waals surface area contributed by atoms with Crippen LogP contribution < -0.4 is 0 Å². The molecule has 0 saturated carbocycles. The van der Waals surface area contributed by atoms with Gasteiger partial charge in [-0.3, -0.25) is 14.8 Å². The van der Waals surface area contributed by atoms with Gasteiger partial charge in [0, 0.05) is 18.8 Å². The van der Waals surface area contributed by atoms with Crippen LogP contribution in [0, 0.1) is 6.92 Å². The van der Waals surface area contributed by atoms with Gasteiger partial charge in [-0.05, 0) is 18.9 Å². The minimum Gasteiger partial charge on any atom is -0.480 e. The number of fused-ring (bicyclic) bond motifs is 1. The summed E-state index contributed by atoms with van der Waals surface area (Å²) in [6.07, 6.45) is 0.894. The molecule has 5 heteroatoms. The van der Waals surface area contributed by atoms with Crippen molar-refractivity contribution in [3.05, 3.63) is 17.0 Å². The summed E-state index contributed by atoms with van der Waals surface area (Å²) in [6.45, 7) is 3.55. The standard InChI is InChI=1S/C9H13N3O2/c1-6-7-2-3-12(5-9(13)14)4-8(7)11-10-6/h2-5H2,1H3,(H,10,11)(H,13,14). The molecule has 14 heavy (non-hydrogen) atoms. The number of H-pyrrole nitrogens is 1. The first-order chi connectivity index (χ1) is 6.66. The van der Waals surface area contributed by atoms with Gasteiger partial charge in [0.05, 0.1) is 12.2 Å². The second-order valence-electron chi connectivity index (χ2n) is 3.63. The fourth-order valence-electron chi connectivity index (χ4n) is 1.85. The maximum atomic E-state index is 10.5. The number of hydrogen-bond donors (Lipinski definition) is 2. The normalized spacial score (nSPS) is 16.6. The summed E-state index contributed by atoms with van der Waals surface area (Å²) in [7, 11) is 0. The van der Waals surface area contributed by atoms with Crippen LogP contribution in [0.25, 0.3) is 0 Å². The SMILES string of the molecule is Cc1[nH]nc2c1CCN(CC(=O)O)C2. The summed E-state index contributed by atoms with van der Waals surface area (Å²) in [5.41, 5.74) is 3.36. The molecule has 0 spiro atoms. The molecule has 0 bridgehead atoms. The fourth-order valence-corrected chi connectivity index (χ4v) is 1.85. The van der Waals surface area contributed by atoms with E-state index in [1.54, 1.807) is 0 Å². The first-order valence-corrected chi connectivity index (χ1v) is 4.63. The maximum absolute atomic E-state index is 10.5. The predicted octanol–water partition coefficient (Wildman–Crippen LogP) is 0.161. The van der Waals surface area contributed by atoms with Crippen molar-refractivity contribution in [2.45, 2.75) is 19.9 Å². The maximum Gasteiger partial charge on any atom is 0.317 e. The van der Waals surface area contributed by atoms with Crippen LogP contribution >= 0.6 is 0 Å². The third-order valence-electron chi connectivity index (χ3n) is 2.57. The number of nitrogens with zero attached hydrogens (tertiary/aromatic N) is 2. The molecule has 0 amide bonds. The number of carboxylic acid groups (broad SMARTS) is 1. The van der Waals surface area contributed by atoms with E-state index in [0.717, 1.165) is 24.4 Å². The van der Waals surface area contributed by atoms with Gasteiger partial charge in [0.15, 0.2) is 0 Å². The summed E-state index contributed by atoms with van der Waals surface area (Å²) >= 11 is 0. The highest BCUT2D eigenvalue weighted by atomic mass is 16.4. The average Bonchev–Trinajstić information content (AvgIpc) is 2.46. The topological polar surface area (TPSA) is 69.2 Å². The summed E-state index contributed by atoms with van der Waals surface area (Å²) in [6, 6.07) is 0. The molecule has 0 unspecified atom stereocenters. The van der Waals surface area contributed by atoms with E-state index >= 15 is 0 Å². The van der Waals surface area contributed by atoms with E-state index in [4.69, 9.17) is 5.11 Å². The molecule has 0 radical (unpaired) electrons. The number of aromatic amines is 1. The minimum absolute atomic E-state index is 0.103. The number of nitrogens with one attached hydrogen (secondary N) is 1. The highest BCUT2D eigenvalue weighted by Crippen LogP contribution is 2.18. The van der Waals surface area contributed by atoms with Gasteiger partial charge in [-0.15, -0.1) is 0 Å². The smallest absolute Gasteiger partial charge is 0.317 e. The van der Waals surface area contributed by atoms with Crippen molar-refractivity contribution in [1.82, 2.24) is 15.1 Å². The van der Waals surface area contributed by atoms with Crippen molar-refractivity contribution in [3.8, 4) is 0 Å². The molecule has 1 aliphatic rings. The van der Waals surface area contributed by atoms with Crippen LogP contribution in [0.4, 0.5) is 0 Å². The van der Waals surface area contributed by atoms with Gasteiger partial charge in [-0.25, -0.2) is 0 Å². The van der Waals surface area contributed by atoms with Crippen LogP contribution in [0.3, 0.4) is 0 Å². The largest absolute Gasteiger partial charge is 0.480 e. The van der Waals surface area contributed by atoms with Gasteiger partial charge in [0.25, 0.3) is 0 Å². The minimum atomic E-state index is -0.777. The van der Waals surface area contributed by atoms with Crippen LogP contribution in [0.15, 0.2) is 0 Å². The van der Waals surface area contributed by atoms with Crippen molar-refractivity contribution in [1.29, 1.82) is 0 Å². The van der Waals surface area contributed by atoms with Crippen LogP contribution in [-0.4, -0.2) is 39.3 Å². The Kier molecular flexibility index (Phi) is 2.25. The fraction of sp³-hybridized carbons (Fsp3) is 0.556. The molecular weight excluding hydrogens is 182 g/mol. The Labute approximate surface area is 81.7 Å². The van der Waals surface area contributed by atoms with Gasteiger partial charge in [-0.1, -0.05) is 0 Å². The van der Waals surface area contributed by atoms with Gasteiger partial charge in [-0.2, -0.15) is 5.10 Å². The number of rotatable bonds is 2. The van der Waals surface area contributed by atoms with Crippen molar-refractivity contribution in [2.75, 3.05) is 13.1 Å². The quantitative estimate of drug-likeness (QED) is 0.705. The summed E-state index contributed by atoms with van der Waals surface area (Å²) in [4.78, 5) is 12.4. The lowest BCUT2D eigenvalue weighted by Crippen LogP contribution is -2.34. The average molecular weight is 195 g/mol. The number of carbonyl (C=O) groups is 1. The van der Waals surface area contributed by atoms with Crippen molar-refractivity contribution >= 4 is 5.97 Å². The zero-order valence-electron chi connectivity index (χ0n) is 8.08. The van der Waals surface area contributed by atoms with E-state index in [0.29, 0.717) is 6.54 Å². The molecule has 5 nitrogen and oxygen atoms in total. The molecule has 0 fully saturated rings. The molecule has 0 atom stereocenters. The molecular formula is C9H13N3O2. The van der Waals surface area contributed by atoms with Crippen molar-refractivity contribution < 1.29 is 9.90 Å². The Hall–Kier alpha value is -1.36. The van der Waals surface area contributed by atoms with Gasteiger partial charge in [0.2, 0.25) is 0 Å². The lowest BCUT2D eigenvalue weighted by molar-refractivity contribution is -0.138. The second-order valence-corrected chi connectivity index (χ2v) is 3.63. The van der Waals surface area contributed by atoms with Crippen molar-refractivity contribution in [3.63, 3.8) is 0 Å². The van der Waals surface area contributed by atoms with E-state index in [1.165, 1.54) is 5.56 Å². The molecule has 0 aliphatic carbocycles. The van der Waals surface area contributed by atoms with Crippen molar-refractivity contribution in [2.24, 2.45) is 0 Å². The van der Waals surface area contributed by atoms with Gasteiger partial charge >= 0.3 is 5.97 Å². The van der Waals surface area contributed by atoms with Crippen LogP contribution in [-0.2, 0) is 17.8 Å². The molecule has 1 aliphatic heterocycles. The van der Waals surface area contributed by atoms with Crippen LogP contribution in [0.2, 0.25) is 0 Å². The Morgan fingerprint density at radius 3 is 3.21 bits per heavy atom. The molecule has 0 saturated heterocycles. The summed E-state index contributed by atoms with van der Waals surface area (Å²) in [5.74, 6) is -0.777. The number of aromatic nitrogens is 2. The predicted molar refractivity (Wildman–Crippen MR) is 49.9 cm³/mol. The zero-order chi connectivity index (χ0) is 10.1. The number of carboxylic acids is 1. The number of hydrogen-bond acceptors (Lipinski definition) is 3. The summed E-state index contributed by atoms with van der Waals surface area (Å²) in [5, 5.41) is 15.7. The second kappa shape index (κ2) is 3.42. The van der Waals surface area contributed by atoms with E-state index in [1.807, 2.05) is 11.8 Å². The number of aliphatic carboxylic acids is 1. The van der Waals surface area contributed by atoms with Crippen LogP contribution in [0.1, 0.15) is 17.0 Å². The van der Waals surface area contributed by atoms with E-state index in [-0.39, 0.29) is 6.54 Å². The Bertz CT molecular complexity index is 359. The lowest BCUT2D eigenvalue weighted by Gasteiger charge is -2.24. The molecule has 1 aromatic rings. The van der Waals surface area contributed by atoms with Gasteiger partial charge in [0.1, 0.15) is 0 Å². The third-order valence-corrected chi connectivity index (χ3v) is 2.57. The van der Waals surface area contributed by atoms with E-state index in [2.05, 4.69) is 10.2 Å². The molecule has 1 aromatic heterocycles. The van der Waals surface area contributed by atoms with E-state index in [9.17, 15) is 4.79 Å². The molecule has 2 N–H and O–H groups in total.